The lowest BCUT2D eigenvalue weighted by atomic mass is 10.1. The third kappa shape index (κ3) is 3.30. The summed E-state index contributed by atoms with van der Waals surface area (Å²) in [7, 11) is 0. The van der Waals surface area contributed by atoms with Gasteiger partial charge in [0.2, 0.25) is 11.8 Å². The van der Waals surface area contributed by atoms with Crippen molar-refractivity contribution in [3.63, 3.8) is 0 Å². The standard InChI is InChI=1S/C19H21N3O2/c1-12-4-5-14(3)16(8-12)22-11-15(10-18(22)23)19(24)21-17-9-13(2)6-7-20-17/h4-9,15H,10-11H2,1-3H3,(H,20,21,24). The van der Waals surface area contributed by atoms with Crippen LogP contribution >= 0.6 is 0 Å². The average Bonchev–Trinajstić information content (AvgIpc) is 2.92. The van der Waals surface area contributed by atoms with Crippen LogP contribution in [-0.4, -0.2) is 23.3 Å². The Balaban J connectivity index is 1.74. The summed E-state index contributed by atoms with van der Waals surface area (Å²) in [6.45, 7) is 6.32. The summed E-state index contributed by atoms with van der Waals surface area (Å²) in [5.74, 6) is -0.00679. The number of hydrogen-bond donors (Lipinski definition) is 1. The molecule has 3 rings (SSSR count). The predicted octanol–water partition coefficient (Wildman–Crippen LogP) is 3.00. The molecule has 1 fully saturated rings. The number of amides is 2. The molecule has 1 aromatic carbocycles. The number of anilines is 2. The molecule has 5 nitrogen and oxygen atoms in total. The lowest BCUT2D eigenvalue weighted by Gasteiger charge is -2.19. The fourth-order valence-corrected chi connectivity index (χ4v) is 2.96. The monoisotopic (exact) mass is 323 g/mol. The van der Waals surface area contributed by atoms with Crippen molar-refractivity contribution >= 4 is 23.3 Å². The van der Waals surface area contributed by atoms with E-state index in [9.17, 15) is 9.59 Å². The molecule has 0 bridgehead atoms. The van der Waals surface area contributed by atoms with E-state index < -0.39 is 0 Å². The molecule has 0 radical (unpaired) electrons. The van der Waals surface area contributed by atoms with Crippen LogP contribution in [-0.2, 0) is 9.59 Å². The van der Waals surface area contributed by atoms with Gasteiger partial charge in [0.15, 0.2) is 0 Å². The van der Waals surface area contributed by atoms with Crippen LogP contribution < -0.4 is 10.2 Å². The number of nitrogens with one attached hydrogen (secondary N) is 1. The summed E-state index contributed by atoms with van der Waals surface area (Å²) in [5.41, 5.74) is 4.06. The fourth-order valence-electron chi connectivity index (χ4n) is 2.96. The Hall–Kier alpha value is -2.69. The Bertz CT molecular complexity index is 801. The van der Waals surface area contributed by atoms with E-state index in [1.165, 1.54) is 0 Å². The highest BCUT2D eigenvalue weighted by Crippen LogP contribution is 2.29. The van der Waals surface area contributed by atoms with Crippen LogP contribution in [0.4, 0.5) is 11.5 Å². The van der Waals surface area contributed by atoms with E-state index in [2.05, 4.69) is 10.3 Å². The van der Waals surface area contributed by atoms with Crippen molar-refractivity contribution in [1.82, 2.24) is 4.98 Å². The highest BCUT2D eigenvalue weighted by atomic mass is 16.2. The number of hydrogen-bond acceptors (Lipinski definition) is 3. The summed E-state index contributed by atoms with van der Waals surface area (Å²) in [6.07, 6.45) is 1.89. The summed E-state index contributed by atoms with van der Waals surface area (Å²) in [5, 5.41) is 2.81. The lowest BCUT2D eigenvalue weighted by molar-refractivity contribution is -0.122. The summed E-state index contributed by atoms with van der Waals surface area (Å²) in [4.78, 5) is 30.7. The van der Waals surface area contributed by atoms with Crippen LogP contribution in [0.3, 0.4) is 0 Å². The maximum absolute atomic E-state index is 12.5. The first-order valence-electron chi connectivity index (χ1n) is 8.05. The Labute approximate surface area is 141 Å². The van der Waals surface area contributed by atoms with Crippen molar-refractivity contribution in [2.24, 2.45) is 5.92 Å². The van der Waals surface area contributed by atoms with Crippen molar-refractivity contribution < 1.29 is 9.59 Å². The van der Waals surface area contributed by atoms with Crippen LogP contribution in [0.2, 0.25) is 0 Å². The number of carbonyl (C=O) groups is 2. The maximum atomic E-state index is 12.5. The second-order valence-electron chi connectivity index (χ2n) is 6.40. The van der Waals surface area contributed by atoms with Gasteiger partial charge in [0, 0.05) is 24.8 Å². The number of pyridine rings is 1. The summed E-state index contributed by atoms with van der Waals surface area (Å²) in [6, 6.07) is 9.71. The highest BCUT2D eigenvalue weighted by molar-refractivity contribution is 6.03. The van der Waals surface area contributed by atoms with Gasteiger partial charge in [-0.1, -0.05) is 12.1 Å². The Morgan fingerprint density at radius 3 is 2.67 bits per heavy atom. The molecule has 0 spiro atoms. The lowest BCUT2D eigenvalue weighted by Crippen LogP contribution is -2.28. The molecule has 1 aromatic heterocycles. The Morgan fingerprint density at radius 2 is 1.92 bits per heavy atom. The predicted molar refractivity (Wildman–Crippen MR) is 94.0 cm³/mol. The van der Waals surface area contributed by atoms with Crippen LogP contribution in [0.25, 0.3) is 0 Å². The van der Waals surface area contributed by atoms with Gasteiger partial charge < -0.3 is 10.2 Å². The minimum absolute atomic E-state index is 0.0129. The zero-order valence-electron chi connectivity index (χ0n) is 14.2. The molecule has 2 amide bonds. The van der Waals surface area contributed by atoms with Gasteiger partial charge in [-0.2, -0.15) is 0 Å². The largest absolute Gasteiger partial charge is 0.311 e. The normalized spacial score (nSPS) is 17.2. The first-order valence-corrected chi connectivity index (χ1v) is 8.05. The van der Waals surface area contributed by atoms with Gasteiger partial charge in [0.25, 0.3) is 0 Å². The van der Waals surface area contributed by atoms with Crippen LogP contribution in [0.15, 0.2) is 36.5 Å². The quantitative estimate of drug-likeness (QED) is 0.944. The molecule has 1 aliphatic rings. The number of benzene rings is 1. The van der Waals surface area contributed by atoms with Gasteiger partial charge >= 0.3 is 0 Å². The van der Waals surface area contributed by atoms with Crippen LogP contribution in [0.5, 0.6) is 0 Å². The molecular formula is C19H21N3O2. The fraction of sp³-hybridized carbons (Fsp3) is 0.316. The van der Waals surface area contributed by atoms with E-state index in [1.54, 1.807) is 11.1 Å². The molecule has 2 aromatic rings. The van der Waals surface area contributed by atoms with E-state index in [0.29, 0.717) is 12.4 Å². The molecule has 24 heavy (non-hydrogen) atoms. The zero-order chi connectivity index (χ0) is 17.3. The number of aromatic nitrogens is 1. The van der Waals surface area contributed by atoms with Crippen molar-refractivity contribution in [1.29, 1.82) is 0 Å². The van der Waals surface area contributed by atoms with Gasteiger partial charge in [-0.15, -0.1) is 0 Å². The van der Waals surface area contributed by atoms with Gasteiger partial charge in [0.05, 0.1) is 5.92 Å². The van der Waals surface area contributed by atoms with Crippen LogP contribution in [0, 0.1) is 26.7 Å². The molecule has 124 valence electrons. The van der Waals surface area contributed by atoms with E-state index in [-0.39, 0.29) is 24.2 Å². The molecule has 2 heterocycles. The Kier molecular flexibility index (Phi) is 4.34. The van der Waals surface area contributed by atoms with Crippen molar-refractivity contribution in [3.8, 4) is 0 Å². The smallest absolute Gasteiger partial charge is 0.230 e. The summed E-state index contributed by atoms with van der Waals surface area (Å²) >= 11 is 0. The Morgan fingerprint density at radius 1 is 1.17 bits per heavy atom. The van der Waals surface area contributed by atoms with E-state index in [0.717, 1.165) is 22.4 Å². The van der Waals surface area contributed by atoms with E-state index in [1.807, 2.05) is 51.1 Å². The molecular weight excluding hydrogens is 302 g/mol. The SMILES string of the molecule is Cc1ccnc(NC(=O)C2CC(=O)N(c3cc(C)ccc3C)C2)c1. The molecule has 1 saturated heterocycles. The summed E-state index contributed by atoms with van der Waals surface area (Å²) < 4.78 is 0. The number of nitrogens with zero attached hydrogens (tertiary/aromatic N) is 2. The third-order valence-electron chi connectivity index (χ3n) is 4.32. The number of aryl methyl sites for hydroxylation is 3. The van der Waals surface area contributed by atoms with E-state index in [4.69, 9.17) is 0 Å². The molecule has 0 saturated carbocycles. The molecule has 1 unspecified atom stereocenters. The second-order valence-corrected chi connectivity index (χ2v) is 6.40. The third-order valence-corrected chi connectivity index (χ3v) is 4.32. The zero-order valence-corrected chi connectivity index (χ0v) is 14.2. The highest BCUT2D eigenvalue weighted by Gasteiger charge is 2.35. The van der Waals surface area contributed by atoms with Crippen LogP contribution in [0.1, 0.15) is 23.1 Å². The maximum Gasteiger partial charge on any atom is 0.230 e. The molecule has 5 heteroatoms. The molecule has 1 aliphatic heterocycles. The van der Waals surface area contributed by atoms with Gasteiger partial charge in [-0.25, -0.2) is 4.98 Å². The van der Waals surface area contributed by atoms with Crippen molar-refractivity contribution in [2.75, 3.05) is 16.8 Å². The van der Waals surface area contributed by atoms with Gasteiger partial charge in [-0.05, 0) is 55.7 Å². The number of rotatable bonds is 3. The average molecular weight is 323 g/mol. The van der Waals surface area contributed by atoms with E-state index >= 15 is 0 Å². The van der Waals surface area contributed by atoms with Crippen molar-refractivity contribution in [2.45, 2.75) is 27.2 Å². The number of carbonyl (C=O) groups excluding carboxylic acids is 2. The minimum atomic E-state index is -0.361. The minimum Gasteiger partial charge on any atom is -0.311 e. The first kappa shape index (κ1) is 16.2. The van der Waals surface area contributed by atoms with Crippen molar-refractivity contribution in [3.05, 3.63) is 53.2 Å². The van der Waals surface area contributed by atoms with Gasteiger partial charge in [-0.3, -0.25) is 9.59 Å². The van der Waals surface area contributed by atoms with Gasteiger partial charge in [0.1, 0.15) is 5.82 Å². The molecule has 0 aliphatic carbocycles. The topological polar surface area (TPSA) is 62.3 Å². The molecule has 1 N–H and O–H groups in total. The second kappa shape index (κ2) is 6.43. The first-order chi connectivity index (χ1) is 11.4. The molecule has 1 atom stereocenters.